The van der Waals surface area contributed by atoms with Gasteiger partial charge in [0, 0.05) is 19.5 Å². The Hall–Kier alpha value is -1.74. The van der Waals surface area contributed by atoms with E-state index in [2.05, 4.69) is 37.5 Å². The van der Waals surface area contributed by atoms with E-state index in [0.717, 1.165) is 14.9 Å². The van der Waals surface area contributed by atoms with Gasteiger partial charge in [0.25, 0.3) is 0 Å². The van der Waals surface area contributed by atoms with E-state index < -0.39 is 0 Å². The van der Waals surface area contributed by atoms with Crippen molar-refractivity contribution >= 4 is 34.1 Å². The molecule has 102 valence electrons. The molecule has 3 aromatic heterocycles. The van der Waals surface area contributed by atoms with Crippen LogP contribution in [0.2, 0.25) is 0 Å². The molecule has 3 aromatic rings. The Balaban J connectivity index is 2.13. The number of hydrogen-bond acceptors (Lipinski definition) is 5. The molecule has 0 aromatic carbocycles. The number of pyridine rings is 1. The molecular weight excluding hydrogens is 369 g/mol. The molecule has 2 N–H and O–H groups in total. The van der Waals surface area contributed by atoms with Crippen LogP contribution in [-0.2, 0) is 11.3 Å². The van der Waals surface area contributed by atoms with Crippen molar-refractivity contribution in [3.8, 4) is 11.5 Å². The first kappa shape index (κ1) is 13.3. The monoisotopic (exact) mass is 381 g/mol. The van der Waals surface area contributed by atoms with E-state index >= 15 is 0 Å². The number of halogens is 1. The summed E-state index contributed by atoms with van der Waals surface area (Å²) in [5.41, 5.74) is 8.24. The lowest BCUT2D eigenvalue weighted by molar-refractivity contribution is 0.181. The predicted molar refractivity (Wildman–Crippen MR) is 84.1 cm³/mol. The fourth-order valence-corrected chi connectivity index (χ4v) is 2.30. The van der Waals surface area contributed by atoms with Crippen LogP contribution in [0.15, 0.2) is 30.6 Å². The Morgan fingerprint density at radius 1 is 1.30 bits per heavy atom. The molecule has 0 aliphatic rings. The first-order chi connectivity index (χ1) is 9.69. The number of imidazole rings is 1. The molecule has 0 amide bonds. The van der Waals surface area contributed by atoms with Crippen LogP contribution in [0.3, 0.4) is 0 Å². The zero-order chi connectivity index (χ0) is 14.1. The number of aromatic nitrogens is 4. The number of nitrogens with two attached hydrogens (primary N) is 1. The number of nitrogens with zero attached hydrogens (tertiary/aromatic N) is 4. The Morgan fingerprint density at radius 3 is 2.90 bits per heavy atom. The summed E-state index contributed by atoms with van der Waals surface area (Å²) in [5.74, 6) is 0.957. The molecular formula is C13H12IN5O. The van der Waals surface area contributed by atoms with E-state index in [1.165, 1.54) is 0 Å². The van der Waals surface area contributed by atoms with E-state index in [4.69, 9.17) is 10.5 Å². The molecule has 0 fully saturated rings. The Labute approximate surface area is 129 Å². The van der Waals surface area contributed by atoms with Crippen molar-refractivity contribution in [2.24, 2.45) is 0 Å². The van der Waals surface area contributed by atoms with Gasteiger partial charge in [0.1, 0.15) is 17.2 Å². The summed E-state index contributed by atoms with van der Waals surface area (Å²) < 4.78 is 7.87. The molecule has 20 heavy (non-hydrogen) atoms. The number of methoxy groups -OCH3 is 1. The number of anilines is 1. The maximum Gasteiger partial charge on any atom is 0.182 e. The first-order valence-electron chi connectivity index (χ1n) is 5.94. The highest BCUT2D eigenvalue weighted by molar-refractivity contribution is 14.1. The van der Waals surface area contributed by atoms with Crippen LogP contribution in [-0.4, -0.2) is 26.5 Å². The topological polar surface area (TPSA) is 78.3 Å². The van der Waals surface area contributed by atoms with E-state index in [1.807, 2.05) is 35.0 Å². The summed E-state index contributed by atoms with van der Waals surface area (Å²) in [4.78, 5) is 13.3. The molecule has 3 heterocycles. The quantitative estimate of drug-likeness (QED) is 0.704. The summed E-state index contributed by atoms with van der Waals surface area (Å²) in [5, 5.41) is 0. The van der Waals surface area contributed by atoms with Gasteiger partial charge in [-0.15, -0.1) is 0 Å². The van der Waals surface area contributed by atoms with E-state index in [1.54, 1.807) is 7.11 Å². The molecule has 0 atom stereocenters. The summed E-state index contributed by atoms with van der Waals surface area (Å²) in [7, 11) is 1.62. The molecule has 0 aliphatic heterocycles. The second-order valence-electron chi connectivity index (χ2n) is 4.22. The molecule has 0 radical (unpaired) electrons. The maximum atomic E-state index is 5.93. The highest BCUT2D eigenvalue weighted by Crippen LogP contribution is 2.22. The standard InChI is InChI=1S/C13H12IN5O/c1-20-7-9-11(14)12(15)18-13(17-9)8-6-19-5-3-2-4-10(19)16-8/h2-6H,7H2,1H3,(H2,15,17,18). The second-order valence-corrected chi connectivity index (χ2v) is 5.30. The lowest BCUT2D eigenvalue weighted by Crippen LogP contribution is -2.06. The van der Waals surface area contributed by atoms with Gasteiger partial charge in [-0.2, -0.15) is 0 Å². The molecule has 0 saturated heterocycles. The van der Waals surface area contributed by atoms with Crippen LogP contribution in [0.1, 0.15) is 5.69 Å². The lowest BCUT2D eigenvalue weighted by atomic mass is 10.3. The van der Waals surface area contributed by atoms with Gasteiger partial charge in [0.05, 0.1) is 15.9 Å². The van der Waals surface area contributed by atoms with Crippen molar-refractivity contribution in [3.63, 3.8) is 0 Å². The Bertz CT molecular complexity index is 738. The van der Waals surface area contributed by atoms with Gasteiger partial charge in [0.2, 0.25) is 0 Å². The number of hydrogen-bond donors (Lipinski definition) is 1. The third kappa shape index (κ3) is 2.34. The van der Waals surface area contributed by atoms with Crippen molar-refractivity contribution in [1.82, 2.24) is 19.4 Å². The van der Waals surface area contributed by atoms with Crippen molar-refractivity contribution in [2.75, 3.05) is 12.8 Å². The Morgan fingerprint density at radius 2 is 2.15 bits per heavy atom. The minimum atomic E-state index is 0.394. The Kier molecular flexibility index (Phi) is 3.53. The van der Waals surface area contributed by atoms with E-state index in [-0.39, 0.29) is 0 Å². The largest absolute Gasteiger partial charge is 0.383 e. The van der Waals surface area contributed by atoms with E-state index in [0.29, 0.717) is 23.9 Å². The number of fused-ring (bicyclic) bond motifs is 1. The highest BCUT2D eigenvalue weighted by Gasteiger charge is 2.13. The average molecular weight is 381 g/mol. The molecule has 6 nitrogen and oxygen atoms in total. The zero-order valence-corrected chi connectivity index (χ0v) is 12.9. The van der Waals surface area contributed by atoms with Crippen molar-refractivity contribution in [3.05, 3.63) is 39.9 Å². The summed E-state index contributed by atoms with van der Waals surface area (Å²) in [6.07, 6.45) is 3.81. The van der Waals surface area contributed by atoms with Crippen molar-refractivity contribution in [1.29, 1.82) is 0 Å². The predicted octanol–water partition coefficient (Wildman–Crippen LogP) is 2.12. The molecule has 3 rings (SSSR count). The normalized spacial score (nSPS) is 11.1. The third-order valence-electron chi connectivity index (χ3n) is 2.82. The molecule has 0 aliphatic carbocycles. The van der Waals surface area contributed by atoms with Crippen LogP contribution >= 0.6 is 22.6 Å². The fourth-order valence-electron chi connectivity index (χ4n) is 1.90. The maximum absolute atomic E-state index is 5.93. The SMILES string of the molecule is COCc1nc(-c2cn3ccccc3n2)nc(N)c1I. The zero-order valence-electron chi connectivity index (χ0n) is 10.7. The van der Waals surface area contributed by atoms with Crippen molar-refractivity contribution < 1.29 is 4.74 Å². The number of rotatable bonds is 3. The van der Waals surface area contributed by atoms with Crippen LogP contribution in [0.4, 0.5) is 5.82 Å². The summed E-state index contributed by atoms with van der Waals surface area (Å²) >= 11 is 2.12. The van der Waals surface area contributed by atoms with Gasteiger partial charge in [-0.05, 0) is 34.7 Å². The molecule has 7 heteroatoms. The molecule has 0 spiro atoms. The summed E-state index contributed by atoms with van der Waals surface area (Å²) in [6, 6.07) is 5.80. The van der Waals surface area contributed by atoms with Crippen molar-refractivity contribution in [2.45, 2.75) is 6.61 Å². The summed E-state index contributed by atoms with van der Waals surface area (Å²) in [6.45, 7) is 0.394. The van der Waals surface area contributed by atoms with Gasteiger partial charge >= 0.3 is 0 Å². The van der Waals surface area contributed by atoms with Gasteiger partial charge < -0.3 is 14.9 Å². The van der Waals surface area contributed by atoms with Crippen LogP contribution in [0.5, 0.6) is 0 Å². The van der Waals surface area contributed by atoms with E-state index in [9.17, 15) is 0 Å². The van der Waals surface area contributed by atoms with Crippen LogP contribution in [0, 0.1) is 3.57 Å². The minimum Gasteiger partial charge on any atom is -0.383 e. The second kappa shape index (κ2) is 5.33. The minimum absolute atomic E-state index is 0.394. The fraction of sp³-hybridized carbons (Fsp3) is 0.154. The third-order valence-corrected chi connectivity index (χ3v) is 3.99. The lowest BCUT2D eigenvalue weighted by Gasteiger charge is -2.06. The molecule has 0 saturated carbocycles. The smallest absolute Gasteiger partial charge is 0.182 e. The van der Waals surface area contributed by atoms with Gasteiger partial charge in [0.15, 0.2) is 5.82 Å². The van der Waals surface area contributed by atoms with Crippen LogP contribution < -0.4 is 5.73 Å². The average Bonchev–Trinajstić information content (AvgIpc) is 2.87. The number of nitrogen functional groups attached to an aromatic ring is 1. The van der Waals surface area contributed by atoms with Gasteiger partial charge in [-0.1, -0.05) is 6.07 Å². The van der Waals surface area contributed by atoms with Gasteiger partial charge in [-0.3, -0.25) is 0 Å². The first-order valence-corrected chi connectivity index (χ1v) is 7.02. The molecule has 0 unspecified atom stereocenters. The van der Waals surface area contributed by atoms with Gasteiger partial charge in [-0.25, -0.2) is 15.0 Å². The number of ether oxygens (including phenoxy) is 1. The van der Waals surface area contributed by atoms with Crippen LogP contribution in [0.25, 0.3) is 17.2 Å². The molecule has 0 bridgehead atoms. The highest BCUT2D eigenvalue weighted by atomic mass is 127.